The molecule has 2 saturated carbocycles. The molecule has 4 rings (SSSR count). The van der Waals surface area contributed by atoms with Crippen molar-refractivity contribution >= 4 is 5.82 Å². The molecule has 4 heteroatoms. The lowest BCUT2D eigenvalue weighted by Crippen LogP contribution is -2.51. The van der Waals surface area contributed by atoms with Crippen molar-refractivity contribution in [3.8, 4) is 0 Å². The van der Waals surface area contributed by atoms with E-state index in [0.717, 1.165) is 36.7 Å². The molecule has 3 aliphatic rings. The van der Waals surface area contributed by atoms with E-state index in [1.54, 1.807) is 0 Å². The number of rotatable bonds is 3. The first kappa shape index (κ1) is 14.4. The van der Waals surface area contributed by atoms with Gasteiger partial charge in [-0.15, -0.1) is 0 Å². The molecule has 0 radical (unpaired) electrons. The summed E-state index contributed by atoms with van der Waals surface area (Å²) in [5.41, 5.74) is 0. The largest absolute Gasteiger partial charge is 0.354 e. The van der Waals surface area contributed by atoms with Crippen molar-refractivity contribution < 1.29 is 0 Å². The second-order valence-electron chi connectivity index (χ2n) is 7.48. The molecule has 1 aliphatic heterocycles. The third-order valence-electron chi connectivity index (χ3n) is 5.74. The lowest BCUT2D eigenvalue weighted by molar-refractivity contribution is 0.132. The topological polar surface area (TPSA) is 32.3 Å². The third kappa shape index (κ3) is 3.12. The fourth-order valence-electron chi connectivity index (χ4n) is 4.00. The molecule has 120 valence electrons. The molecule has 1 aromatic heterocycles. The Labute approximate surface area is 133 Å². The fraction of sp³-hybridized carbons (Fsp3) is 0.778. The summed E-state index contributed by atoms with van der Waals surface area (Å²) in [6.07, 6.45) is 10.1. The minimum absolute atomic E-state index is 0.644. The first-order valence-corrected chi connectivity index (χ1v) is 9.11. The highest BCUT2D eigenvalue weighted by atomic mass is 15.3. The molecule has 0 bridgehead atoms. The molecule has 1 aromatic rings. The van der Waals surface area contributed by atoms with E-state index >= 15 is 0 Å². The molecule has 22 heavy (non-hydrogen) atoms. The Morgan fingerprint density at radius 2 is 1.68 bits per heavy atom. The molecule has 0 unspecified atom stereocenters. The lowest BCUT2D eigenvalue weighted by Gasteiger charge is -2.42. The summed E-state index contributed by atoms with van der Waals surface area (Å²) in [7, 11) is 0. The van der Waals surface area contributed by atoms with Gasteiger partial charge in [-0.05, 0) is 50.5 Å². The maximum atomic E-state index is 4.80. The number of nitrogens with zero attached hydrogens (tertiary/aromatic N) is 4. The Hall–Kier alpha value is -1.16. The van der Waals surface area contributed by atoms with Gasteiger partial charge in [-0.25, -0.2) is 9.97 Å². The smallest absolute Gasteiger partial charge is 0.133 e. The monoisotopic (exact) mass is 300 g/mol. The minimum atomic E-state index is 0.644. The van der Waals surface area contributed by atoms with Gasteiger partial charge in [0.15, 0.2) is 0 Å². The van der Waals surface area contributed by atoms with Gasteiger partial charge in [-0.1, -0.05) is 6.92 Å². The maximum absolute atomic E-state index is 4.80. The second kappa shape index (κ2) is 6.15. The van der Waals surface area contributed by atoms with Crippen LogP contribution in [0.3, 0.4) is 0 Å². The first-order valence-electron chi connectivity index (χ1n) is 9.11. The Morgan fingerprint density at radius 1 is 0.955 bits per heavy atom. The van der Waals surface area contributed by atoms with Crippen molar-refractivity contribution in [1.29, 1.82) is 0 Å². The number of piperazine rings is 1. The van der Waals surface area contributed by atoms with E-state index in [4.69, 9.17) is 4.98 Å². The van der Waals surface area contributed by atoms with Crippen LogP contribution in [0.4, 0.5) is 5.82 Å². The van der Waals surface area contributed by atoms with Crippen LogP contribution in [0.1, 0.15) is 57.2 Å². The summed E-state index contributed by atoms with van der Waals surface area (Å²) in [4.78, 5) is 14.4. The quantitative estimate of drug-likeness (QED) is 0.859. The van der Waals surface area contributed by atoms with Crippen LogP contribution in [0, 0.1) is 5.92 Å². The van der Waals surface area contributed by atoms with Crippen LogP contribution in [0.15, 0.2) is 12.3 Å². The van der Waals surface area contributed by atoms with Crippen LogP contribution in [0.2, 0.25) is 0 Å². The number of anilines is 1. The molecule has 0 N–H and O–H groups in total. The van der Waals surface area contributed by atoms with Crippen molar-refractivity contribution in [1.82, 2.24) is 14.9 Å². The number of hydrogen-bond acceptors (Lipinski definition) is 4. The molecule has 0 aromatic carbocycles. The lowest BCUT2D eigenvalue weighted by atomic mass is 9.86. The van der Waals surface area contributed by atoms with Gasteiger partial charge in [0.2, 0.25) is 0 Å². The number of hydrogen-bond donors (Lipinski definition) is 0. The van der Waals surface area contributed by atoms with Gasteiger partial charge in [0.1, 0.15) is 11.6 Å². The third-order valence-corrected chi connectivity index (χ3v) is 5.74. The van der Waals surface area contributed by atoms with Gasteiger partial charge in [0.05, 0.1) is 0 Å². The van der Waals surface area contributed by atoms with Crippen LogP contribution in [0.5, 0.6) is 0 Å². The van der Waals surface area contributed by atoms with Crippen molar-refractivity contribution in [2.45, 2.75) is 57.4 Å². The van der Waals surface area contributed by atoms with Gasteiger partial charge in [0, 0.05) is 44.3 Å². The highest BCUT2D eigenvalue weighted by molar-refractivity contribution is 5.38. The number of aromatic nitrogens is 2. The zero-order chi connectivity index (χ0) is 14.9. The van der Waals surface area contributed by atoms with E-state index in [9.17, 15) is 0 Å². The molecule has 3 fully saturated rings. The van der Waals surface area contributed by atoms with Crippen molar-refractivity contribution in [3.05, 3.63) is 18.1 Å². The average Bonchev–Trinajstić information content (AvgIpc) is 3.41. The Bertz CT molecular complexity index is 498. The first-order chi connectivity index (χ1) is 10.8. The van der Waals surface area contributed by atoms with Crippen LogP contribution < -0.4 is 4.90 Å². The van der Waals surface area contributed by atoms with E-state index < -0.39 is 0 Å². The van der Waals surface area contributed by atoms with E-state index in [0.29, 0.717) is 5.92 Å². The Morgan fingerprint density at radius 3 is 2.36 bits per heavy atom. The molecule has 0 amide bonds. The molecule has 0 spiro atoms. The standard InChI is InChI=1S/C18H28N4/c1-14-2-6-16(7-3-14)21-10-12-22(13-11-21)17-8-9-19-18(20-17)15-4-5-15/h8-9,14-16H,2-7,10-13H2,1H3. The second-order valence-corrected chi connectivity index (χ2v) is 7.48. The highest BCUT2D eigenvalue weighted by Gasteiger charge is 2.29. The van der Waals surface area contributed by atoms with Crippen LogP contribution in [-0.4, -0.2) is 47.1 Å². The summed E-state index contributed by atoms with van der Waals surface area (Å²) in [5, 5.41) is 0. The van der Waals surface area contributed by atoms with E-state index in [-0.39, 0.29) is 0 Å². The maximum Gasteiger partial charge on any atom is 0.133 e. The van der Waals surface area contributed by atoms with E-state index in [2.05, 4.69) is 27.8 Å². The normalized spacial score (nSPS) is 30.5. The minimum Gasteiger partial charge on any atom is -0.354 e. The van der Waals surface area contributed by atoms with E-state index in [1.165, 1.54) is 51.6 Å². The molecule has 2 heterocycles. The average molecular weight is 300 g/mol. The molecule has 0 atom stereocenters. The predicted octanol–water partition coefficient (Wildman–Crippen LogP) is 3.05. The van der Waals surface area contributed by atoms with Gasteiger partial charge in [-0.2, -0.15) is 0 Å². The molecular weight excluding hydrogens is 272 g/mol. The summed E-state index contributed by atoms with van der Waals surface area (Å²) >= 11 is 0. The van der Waals surface area contributed by atoms with Gasteiger partial charge in [0.25, 0.3) is 0 Å². The van der Waals surface area contributed by atoms with Crippen molar-refractivity contribution in [3.63, 3.8) is 0 Å². The SMILES string of the molecule is CC1CCC(N2CCN(c3ccnc(C4CC4)n3)CC2)CC1. The summed E-state index contributed by atoms with van der Waals surface area (Å²) in [6.45, 7) is 7.03. The predicted molar refractivity (Wildman–Crippen MR) is 89.2 cm³/mol. The van der Waals surface area contributed by atoms with Gasteiger partial charge < -0.3 is 4.90 Å². The zero-order valence-corrected chi connectivity index (χ0v) is 13.7. The van der Waals surface area contributed by atoms with Gasteiger partial charge >= 0.3 is 0 Å². The molecule has 4 nitrogen and oxygen atoms in total. The summed E-state index contributed by atoms with van der Waals surface area (Å²) in [5.74, 6) is 3.81. The summed E-state index contributed by atoms with van der Waals surface area (Å²) < 4.78 is 0. The molecule has 1 saturated heterocycles. The molecule has 2 aliphatic carbocycles. The fourth-order valence-corrected chi connectivity index (χ4v) is 4.00. The van der Waals surface area contributed by atoms with E-state index in [1.807, 2.05) is 6.20 Å². The Kier molecular flexibility index (Phi) is 4.03. The van der Waals surface area contributed by atoms with Crippen molar-refractivity contribution in [2.75, 3.05) is 31.1 Å². The van der Waals surface area contributed by atoms with Crippen LogP contribution >= 0.6 is 0 Å². The van der Waals surface area contributed by atoms with Gasteiger partial charge in [-0.3, -0.25) is 4.90 Å². The Balaban J connectivity index is 1.34. The highest BCUT2D eigenvalue weighted by Crippen LogP contribution is 2.38. The van der Waals surface area contributed by atoms with Crippen molar-refractivity contribution in [2.24, 2.45) is 5.92 Å². The van der Waals surface area contributed by atoms with Crippen LogP contribution in [0.25, 0.3) is 0 Å². The molecular formula is C18H28N4. The zero-order valence-electron chi connectivity index (χ0n) is 13.7. The summed E-state index contributed by atoms with van der Waals surface area (Å²) in [6, 6.07) is 2.93. The van der Waals surface area contributed by atoms with Crippen LogP contribution in [-0.2, 0) is 0 Å².